The molecule has 2 aromatic rings. The van der Waals surface area contributed by atoms with E-state index in [4.69, 9.17) is 20.9 Å². The molecule has 0 fully saturated rings. The van der Waals surface area contributed by atoms with Gasteiger partial charge in [-0.1, -0.05) is 12.1 Å². The van der Waals surface area contributed by atoms with Crippen LogP contribution < -0.4 is 20.9 Å². The first kappa shape index (κ1) is 13.6. The van der Waals surface area contributed by atoms with Crippen LogP contribution in [0.3, 0.4) is 0 Å². The van der Waals surface area contributed by atoms with E-state index < -0.39 is 0 Å². The minimum absolute atomic E-state index is 0.0380. The van der Waals surface area contributed by atoms with Gasteiger partial charge in [0.25, 0.3) is 0 Å². The van der Waals surface area contributed by atoms with Crippen LogP contribution in [-0.4, -0.2) is 12.2 Å². The van der Waals surface area contributed by atoms with Crippen molar-refractivity contribution >= 4 is 11.4 Å². The summed E-state index contributed by atoms with van der Waals surface area (Å²) >= 11 is 0. The Balaban J connectivity index is 2.29. The predicted molar refractivity (Wildman–Crippen MR) is 85.5 cm³/mol. The van der Waals surface area contributed by atoms with Crippen molar-refractivity contribution in [3.8, 4) is 22.6 Å². The molecule has 0 saturated heterocycles. The lowest BCUT2D eigenvalue weighted by Gasteiger charge is -2.18. The molecule has 4 N–H and O–H groups in total. The molecule has 0 saturated carbocycles. The molecule has 0 spiro atoms. The predicted octanol–water partition coefficient (Wildman–Crippen LogP) is 3.46. The fourth-order valence-corrected chi connectivity index (χ4v) is 2.82. The van der Waals surface area contributed by atoms with E-state index in [1.54, 1.807) is 0 Å². The van der Waals surface area contributed by atoms with Crippen LogP contribution in [0.1, 0.15) is 20.3 Å². The zero-order chi connectivity index (χ0) is 15.0. The molecule has 1 aliphatic heterocycles. The topological polar surface area (TPSA) is 70.5 Å². The first-order chi connectivity index (χ1) is 10.1. The summed E-state index contributed by atoms with van der Waals surface area (Å²) in [6, 6.07) is 11.3. The van der Waals surface area contributed by atoms with E-state index in [9.17, 15) is 0 Å². The minimum atomic E-state index is 0.0380. The zero-order valence-corrected chi connectivity index (χ0v) is 12.3. The molecule has 0 aromatic heterocycles. The average molecular weight is 284 g/mol. The monoisotopic (exact) mass is 284 g/mol. The van der Waals surface area contributed by atoms with E-state index in [2.05, 4.69) is 0 Å². The fourth-order valence-electron chi connectivity index (χ4n) is 2.82. The van der Waals surface area contributed by atoms with E-state index >= 15 is 0 Å². The molecule has 0 bridgehead atoms. The van der Waals surface area contributed by atoms with Crippen molar-refractivity contribution < 1.29 is 9.47 Å². The molecule has 110 valence electrons. The normalized spacial score (nSPS) is 20.9. The largest absolute Gasteiger partial charge is 0.490 e. The fraction of sp³-hybridized carbons (Fsp3) is 0.294. The minimum Gasteiger partial charge on any atom is -0.490 e. The first-order valence-corrected chi connectivity index (χ1v) is 7.17. The number of rotatable bonds is 0. The molecular weight excluding hydrogens is 264 g/mol. The van der Waals surface area contributed by atoms with Crippen LogP contribution in [0.5, 0.6) is 11.5 Å². The van der Waals surface area contributed by atoms with E-state index in [0.29, 0.717) is 11.4 Å². The molecule has 2 atom stereocenters. The highest BCUT2D eigenvalue weighted by Crippen LogP contribution is 2.45. The van der Waals surface area contributed by atoms with Gasteiger partial charge in [-0.15, -0.1) is 0 Å². The molecule has 0 radical (unpaired) electrons. The van der Waals surface area contributed by atoms with Gasteiger partial charge in [0, 0.05) is 17.8 Å². The third kappa shape index (κ3) is 2.49. The molecule has 1 aliphatic rings. The van der Waals surface area contributed by atoms with Crippen molar-refractivity contribution in [2.75, 3.05) is 11.5 Å². The SMILES string of the molecule is CC1CC(C)Oc2cccc(N)c2-c2c(N)cccc2O1. The Morgan fingerprint density at radius 2 is 1.24 bits per heavy atom. The molecule has 0 amide bonds. The molecule has 0 aliphatic carbocycles. The van der Waals surface area contributed by atoms with Gasteiger partial charge in [-0.05, 0) is 38.1 Å². The Morgan fingerprint density at radius 1 is 0.810 bits per heavy atom. The van der Waals surface area contributed by atoms with Gasteiger partial charge >= 0.3 is 0 Å². The number of ether oxygens (including phenoxy) is 2. The van der Waals surface area contributed by atoms with Crippen LogP contribution in [0.2, 0.25) is 0 Å². The maximum Gasteiger partial charge on any atom is 0.129 e. The smallest absolute Gasteiger partial charge is 0.129 e. The quantitative estimate of drug-likeness (QED) is 0.727. The molecule has 3 rings (SSSR count). The number of hydrogen-bond acceptors (Lipinski definition) is 4. The Hall–Kier alpha value is -2.36. The van der Waals surface area contributed by atoms with Crippen molar-refractivity contribution in [2.45, 2.75) is 32.5 Å². The van der Waals surface area contributed by atoms with Crippen LogP contribution in [0.15, 0.2) is 36.4 Å². The van der Waals surface area contributed by atoms with Gasteiger partial charge in [0.05, 0.1) is 23.3 Å². The highest BCUT2D eigenvalue weighted by Gasteiger charge is 2.23. The van der Waals surface area contributed by atoms with Crippen LogP contribution in [-0.2, 0) is 0 Å². The second-order valence-electron chi connectivity index (χ2n) is 5.53. The van der Waals surface area contributed by atoms with E-state index in [0.717, 1.165) is 29.0 Å². The van der Waals surface area contributed by atoms with E-state index in [-0.39, 0.29) is 12.2 Å². The lowest BCUT2D eigenvalue weighted by atomic mass is 9.99. The summed E-state index contributed by atoms with van der Waals surface area (Å²) in [5, 5.41) is 0. The Morgan fingerprint density at radius 3 is 1.67 bits per heavy atom. The molecule has 2 aromatic carbocycles. The molecular formula is C17H20N2O2. The third-order valence-corrected chi connectivity index (χ3v) is 3.69. The molecule has 21 heavy (non-hydrogen) atoms. The Bertz CT molecular complexity index is 612. The van der Waals surface area contributed by atoms with Gasteiger partial charge in [0.2, 0.25) is 0 Å². The van der Waals surface area contributed by atoms with Crippen molar-refractivity contribution in [3.05, 3.63) is 36.4 Å². The first-order valence-electron chi connectivity index (χ1n) is 7.17. The van der Waals surface area contributed by atoms with E-state index in [1.807, 2.05) is 50.2 Å². The number of hydrogen-bond donors (Lipinski definition) is 2. The van der Waals surface area contributed by atoms with Crippen LogP contribution >= 0.6 is 0 Å². The van der Waals surface area contributed by atoms with Gasteiger partial charge in [-0.3, -0.25) is 0 Å². The summed E-state index contributed by atoms with van der Waals surface area (Å²) in [5.41, 5.74) is 15.3. The number of fused-ring (bicyclic) bond motifs is 3. The van der Waals surface area contributed by atoms with Crippen molar-refractivity contribution in [1.29, 1.82) is 0 Å². The zero-order valence-electron chi connectivity index (χ0n) is 12.3. The van der Waals surface area contributed by atoms with Gasteiger partial charge in [-0.25, -0.2) is 0 Å². The van der Waals surface area contributed by atoms with Crippen molar-refractivity contribution in [2.24, 2.45) is 0 Å². The highest BCUT2D eigenvalue weighted by molar-refractivity contribution is 5.92. The molecule has 2 unspecified atom stereocenters. The van der Waals surface area contributed by atoms with Crippen LogP contribution in [0, 0.1) is 0 Å². The summed E-state index contributed by atoms with van der Waals surface area (Å²) in [6.07, 6.45) is 0.870. The summed E-state index contributed by atoms with van der Waals surface area (Å²) < 4.78 is 12.1. The number of nitrogens with two attached hydrogens (primary N) is 2. The van der Waals surface area contributed by atoms with Crippen molar-refractivity contribution in [3.63, 3.8) is 0 Å². The second kappa shape index (κ2) is 5.20. The average Bonchev–Trinajstić information content (AvgIpc) is 2.45. The second-order valence-corrected chi connectivity index (χ2v) is 5.53. The van der Waals surface area contributed by atoms with Crippen LogP contribution in [0.25, 0.3) is 11.1 Å². The van der Waals surface area contributed by atoms with E-state index in [1.165, 1.54) is 0 Å². The lowest BCUT2D eigenvalue weighted by molar-refractivity contribution is 0.134. The molecule has 1 heterocycles. The maximum atomic E-state index is 6.19. The summed E-state index contributed by atoms with van der Waals surface area (Å²) in [6.45, 7) is 4.07. The number of nitrogen functional groups attached to an aromatic ring is 2. The van der Waals surface area contributed by atoms with Gasteiger partial charge in [-0.2, -0.15) is 0 Å². The highest BCUT2D eigenvalue weighted by atomic mass is 16.5. The Labute approximate surface area is 124 Å². The standard InChI is InChI=1S/C17H20N2O2/c1-10-9-11(2)21-15-8-4-6-13(19)17(15)16-12(18)5-3-7-14(16)20-10/h3-8,10-11H,9,18-19H2,1-2H3. The molecule has 4 nitrogen and oxygen atoms in total. The summed E-state index contributed by atoms with van der Waals surface area (Å²) in [4.78, 5) is 0. The molecule has 4 heteroatoms. The Kier molecular flexibility index (Phi) is 3.37. The third-order valence-electron chi connectivity index (χ3n) is 3.69. The lowest BCUT2D eigenvalue weighted by Crippen LogP contribution is -2.22. The van der Waals surface area contributed by atoms with Gasteiger partial charge < -0.3 is 20.9 Å². The summed E-state index contributed by atoms with van der Waals surface area (Å²) in [5.74, 6) is 1.50. The number of benzene rings is 2. The number of anilines is 2. The van der Waals surface area contributed by atoms with Crippen LogP contribution in [0.4, 0.5) is 11.4 Å². The van der Waals surface area contributed by atoms with Gasteiger partial charge in [0.1, 0.15) is 11.5 Å². The van der Waals surface area contributed by atoms with Crippen molar-refractivity contribution in [1.82, 2.24) is 0 Å². The van der Waals surface area contributed by atoms with Gasteiger partial charge in [0.15, 0.2) is 0 Å². The maximum absolute atomic E-state index is 6.19. The summed E-state index contributed by atoms with van der Waals surface area (Å²) in [7, 11) is 0.